The highest BCUT2D eigenvalue weighted by atomic mass is 35.5. The number of nitrogens with zero attached hydrogens (tertiary/aromatic N) is 2. The Hall–Kier alpha value is -2.08. The summed E-state index contributed by atoms with van der Waals surface area (Å²) in [6, 6.07) is 5.69. The number of nitrogens with two attached hydrogens (primary N) is 2. The largest absolute Gasteiger partial charge is 0.481 e. The molecule has 0 unspecified atom stereocenters. The minimum absolute atomic E-state index is 0.0728. The number of hydrogen-bond acceptors (Lipinski definition) is 3. The molecule has 6 nitrogen and oxygen atoms in total. The molecule has 0 atom stereocenters. The standard InChI is InChI=1S/C10H13ClN4.C2H4O2/c1-2-7-4-3-5-9(11)8(7)6-14-15-10(12)13;1-2(3)4/h3-6H,2H2,1H3,(H4,12,13,15);1H3,(H,3,4)/b14-6+;. The van der Waals surface area contributed by atoms with Crippen LogP contribution < -0.4 is 11.5 Å². The third kappa shape index (κ3) is 7.77. The number of hydrogen-bond donors (Lipinski definition) is 3. The molecular formula is C12H17ClN4O2. The average molecular weight is 285 g/mol. The summed E-state index contributed by atoms with van der Waals surface area (Å²) in [5.41, 5.74) is 12.3. The first-order valence-corrected chi connectivity index (χ1v) is 5.85. The lowest BCUT2D eigenvalue weighted by Crippen LogP contribution is -2.21. The van der Waals surface area contributed by atoms with Gasteiger partial charge >= 0.3 is 0 Å². The topological polar surface area (TPSA) is 114 Å². The number of guanidine groups is 1. The summed E-state index contributed by atoms with van der Waals surface area (Å²) in [5.74, 6) is -0.906. The van der Waals surface area contributed by atoms with Gasteiger partial charge in [-0.2, -0.15) is 5.10 Å². The van der Waals surface area contributed by atoms with Crippen molar-refractivity contribution in [1.82, 2.24) is 0 Å². The van der Waals surface area contributed by atoms with Crippen molar-refractivity contribution in [3.8, 4) is 0 Å². The van der Waals surface area contributed by atoms with Crippen LogP contribution in [-0.2, 0) is 11.2 Å². The molecule has 1 aromatic rings. The fourth-order valence-corrected chi connectivity index (χ4v) is 1.43. The molecule has 7 heteroatoms. The molecule has 19 heavy (non-hydrogen) atoms. The molecule has 0 saturated heterocycles. The summed E-state index contributed by atoms with van der Waals surface area (Å²) < 4.78 is 0. The second-order valence-corrected chi connectivity index (χ2v) is 3.86. The van der Waals surface area contributed by atoms with Gasteiger partial charge in [0.1, 0.15) is 0 Å². The van der Waals surface area contributed by atoms with Crippen molar-refractivity contribution < 1.29 is 9.90 Å². The molecule has 0 bridgehead atoms. The van der Waals surface area contributed by atoms with Crippen molar-refractivity contribution in [2.24, 2.45) is 21.7 Å². The van der Waals surface area contributed by atoms with E-state index in [9.17, 15) is 0 Å². The van der Waals surface area contributed by atoms with Crippen molar-refractivity contribution >= 4 is 29.7 Å². The van der Waals surface area contributed by atoms with E-state index in [-0.39, 0.29) is 5.96 Å². The van der Waals surface area contributed by atoms with Gasteiger partial charge in [0.15, 0.2) is 0 Å². The molecule has 0 radical (unpaired) electrons. The summed E-state index contributed by atoms with van der Waals surface area (Å²) >= 11 is 6.02. The highest BCUT2D eigenvalue weighted by molar-refractivity contribution is 6.33. The fraction of sp³-hybridized carbons (Fsp3) is 0.250. The van der Waals surface area contributed by atoms with Crippen molar-refractivity contribution in [2.75, 3.05) is 0 Å². The fourth-order valence-electron chi connectivity index (χ4n) is 1.19. The third-order valence-electron chi connectivity index (χ3n) is 1.88. The lowest BCUT2D eigenvalue weighted by molar-refractivity contribution is -0.134. The van der Waals surface area contributed by atoms with Crippen molar-refractivity contribution in [1.29, 1.82) is 0 Å². The predicted octanol–water partition coefficient (Wildman–Crippen LogP) is 1.60. The van der Waals surface area contributed by atoms with E-state index in [0.29, 0.717) is 5.02 Å². The molecule has 0 heterocycles. The number of carboxylic acid groups (broad SMARTS) is 1. The molecule has 0 aliphatic heterocycles. The Morgan fingerprint density at radius 3 is 2.53 bits per heavy atom. The van der Waals surface area contributed by atoms with Crippen LogP contribution in [0.4, 0.5) is 0 Å². The summed E-state index contributed by atoms with van der Waals surface area (Å²) in [6.45, 7) is 3.13. The molecule has 0 amide bonds. The van der Waals surface area contributed by atoms with E-state index in [0.717, 1.165) is 24.5 Å². The second-order valence-electron chi connectivity index (χ2n) is 3.45. The summed E-state index contributed by atoms with van der Waals surface area (Å²) in [4.78, 5) is 9.00. The van der Waals surface area contributed by atoms with E-state index in [1.54, 1.807) is 12.3 Å². The summed E-state index contributed by atoms with van der Waals surface area (Å²) in [6.07, 6.45) is 2.44. The molecule has 5 N–H and O–H groups in total. The molecule has 0 fully saturated rings. The van der Waals surface area contributed by atoms with Crippen molar-refractivity contribution in [3.05, 3.63) is 34.3 Å². The quantitative estimate of drug-likeness (QED) is 0.444. The highest BCUT2D eigenvalue weighted by Gasteiger charge is 2.02. The monoisotopic (exact) mass is 284 g/mol. The van der Waals surface area contributed by atoms with E-state index >= 15 is 0 Å². The van der Waals surface area contributed by atoms with Crippen molar-refractivity contribution in [3.63, 3.8) is 0 Å². The molecule has 0 aromatic heterocycles. The van der Waals surface area contributed by atoms with Gasteiger partial charge in [0.25, 0.3) is 5.97 Å². The van der Waals surface area contributed by atoms with E-state index in [1.165, 1.54) is 0 Å². The minimum Gasteiger partial charge on any atom is -0.481 e. The van der Waals surface area contributed by atoms with Crippen LogP contribution in [0.25, 0.3) is 0 Å². The Kier molecular flexibility index (Phi) is 7.95. The van der Waals surface area contributed by atoms with Crippen LogP contribution in [0.5, 0.6) is 0 Å². The number of halogens is 1. The zero-order valence-electron chi connectivity index (χ0n) is 10.8. The van der Waals surface area contributed by atoms with Gasteiger partial charge < -0.3 is 16.6 Å². The first kappa shape index (κ1) is 16.9. The van der Waals surface area contributed by atoms with E-state index in [1.807, 2.05) is 19.1 Å². The number of aliphatic carboxylic acids is 1. The maximum atomic E-state index is 9.00. The smallest absolute Gasteiger partial charge is 0.300 e. The molecule has 0 spiro atoms. The molecule has 0 aliphatic carbocycles. The predicted molar refractivity (Wildman–Crippen MR) is 77.5 cm³/mol. The van der Waals surface area contributed by atoms with Gasteiger partial charge in [0.05, 0.1) is 6.21 Å². The Morgan fingerprint density at radius 2 is 2.05 bits per heavy atom. The van der Waals surface area contributed by atoms with Crippen LogP contribution in [0.1, 0.15) is 25.0 Å². The lowest BCUT2D eigenvalue weighted by atomic mass is 10.1. The summed E-state index contributed by atoms with van der Waals surface area (Å²) in [7, 11) is 0. The third-order valence-corrected chi connectivity index (χ3v) is 2.21. The number of benzene rings is 1. The number of carboxylic acids is 1. The maximum Gasteiger partial charge on any atom is 0.300 e. The normalized spacial score (nSPS) is 9.63. The van der Waals surface area contributed by atoms with Crippen LogP contribution in [-0.4, -0.2) is 23.2 Å². The Morgan fingerprint density at radius 1 is 1.47 bits per heavy atom. The first-order valence-electron chi connectivity index (χ1n) is 5.47. The van der Waals surface area contributed by atoms with Gasteiger partial charge in [-0.05, 0) is 18.1 Å². The van der Waals surface area contributed by atoms with E-state index in [4.69, 9.17) is 33.0 Å². The van der Waals surface area contributed by atoms with Crippen molar-refractivity contribution in [2.45, 2.75) is 20.3 Å². The van der Waals surface area contributed by atoms with Gasteiger partial charge in [-0.1, -0.05) is 30.7 Å². The molecule has 0 saturated carbocycles. The maximum absolute atomic E-state index is 9.00. The zero-order chi connectivity index (χ0) is 14.8. The van der Waals surface area contributed by atoms with E-state index < -0.39 is 5.97 Å². The molecule has 0 aliphatic rings. The molecular weight excluding hydrogens is 268 g/mol. The van der Waals surface area contributed by atoms with E-state index in [2.05, 4.69) is 10.2 Å². The molecule has 1 rings (SSSR count). The Labute approximate surface area is 116 Å². The molecule has 1 aromatic carbocycles. The van der Waals surface area contributed by atoms with Gasteiger partial charge in [-0.15, -0.1) is 5.10 Å². The SMILES string of the molecule is CC(=O)O.CCc1cccc(Cl)c1/C=N/N=C(N)N. The summed E-state index contributed by atoms with van der Waals surface area (Å²) in [5, 5.41) is 15.3. The lowest BCUT2D eigenvalue weighted by Gasteiger charge is -2.03. The zero-order valence-corrected chi connectivity index (χ0v) is 11.6. The Bertz CT molecular complexity index is 479. The van der Waals surface area contributed by atoms with Gasteiger partial charge in [0, 0.05) is 17.5 Å². The highest BCUT2D eigenvalue weighted by Crippen LogP contribution is 2.18. The number of carbonyl (C=O) groups is 1. The van der Waals surface area contributed by atoms with Crippen LogP contribution in [0.2, 0.25) is 5.02 Å². The number of aryl methyl sites for hydroxylation is 1. The van der Waals surface area contributed by atoms with Crippen LogP contribution in [0, 0.1) is 0 Å². The van der Waals surface area contributed by atoms with Gasteiger partial charge in [-0.25, -0.2) is 0 Å². The van der Waals surface area contributed by atoms with Crippen LogP contribution >= 0.6 is 11.6 Å². The first-order chi connectivity index (χ1) is 8.88. The average Bonchev–Trinajstić information content (AvgIpc) is 2.30. The molecule has 104 valence electrons. The van der Waals surface area contributed by atoms with Gasteiger partial charge in [-0.3, -0.25) is 4.79 Å². The minimum atomic E-state index is -0.833. The van der Waals surface area contributed by atoms with Crippen LogP contribution in [0.3, 0.4) is 0 Å². The Balaban J connectivity index is 0.000000711. The van der Waals surface area contributed by atoms with Crippen LogP contribution in [0.15, 0.2) is 28.4 Å². The van der Waals surface area contributed by atoms with Gasteiger partial charge in [0.2, 0.25) is 5.96 Å². The number of rotatable bonds is 3. The second kappa shape index (κ2) is 8.93.